The number of nitro benzene ring substituents is 1. The predicted octanol–water partition coefficient (Wildman–Crippen LogP) is 2.14. The molecular formula is C11H16FN3O2. The molecule has 0 saturated heterocycles. The minimum atomic E-state index is -0.618. The molecule has 0 spiro atoms. The maximum atomic E-state index is 13.4. The largest absolute Gasteiger partial charge is 0.381 e. The van der Waals surface area contributed by atoms with Crippen LogP contribution in [0.25, 0.3) is 0 Å². The Morgan fingerprint density at radius 2 is 2.12 bits per heavy atom. The molecule has 6 heteroatoms. The van der Waals surface area contributed by atoms with Crippen LogP contribution in [0.15, 0.2) is 18.2 Å². The molecule has 0 radical (unpaired) electrons. The lowest BCUT2D eigenvalue weighted by Crippen LogP contribution is -2.28. The predicted molar refractivity (Wildman–Crippen MR) is 64.7 cm³/mol. The van der Waals surface area contributed by atoms with Crippen LogP contribution in [0.1, 0.15) is 13.8 Å². The van der Waals surface area contributed by atoms with E-state index in [1.807, 2.05) is 13.8 Å². The van der Waals surface area contributed by atoms with Crippen molar-refractivity contribution in [3.63, 3.8) is 0 Å². The number of nitro groups is 1. The van der Waals surface area contributed by atoms with Crippen molar-refractivity contribution in [2.24, 2.45) is 0 Å². The van der Waals surface area contributed by atoms with Crippen molar-refractivity contribution in [3.05, 3.63) is 34.1 Å². The highest BCUT2D eigenvalue weighted by atomic mass is 19.1. The van der Waals surface area contributed by atoms with Gasteiger partial charge >= 0.3 is 0 Å². The van der Waals surface area contributed by atoms with Gasteiger partial charge < -0.3 is 10.6 Å². The van der Waals surface area contributed by atoms with Gasteiger partial charge in [-0.3, -0.25) is 10.1 Å². The Labute approximate surface area is 99.2 Å². The number of rotatable bonds is 6. The molecule has 94 valence electrons. The van der Waals surface area contributed by atoms with Gasteiger partial charge in [-0.05, 0) is 6.07 Å². The zero-order chi connectivity index (χ0) is 12.8. The summed E-state index contributed by atoms with van der Waals surface area (Å²) < 4.78 is 13.4. The van der Waals surface area contributed by atoms with Gasteiger partial charge in [-0.15, -0.1) is 0 Å². The van der Waals surface area contributed by atoms with Gasteiger partial charge in [0.15, 0.2) is 5.82 Å². The van der Waals surface area contributed by atoms with E-state index < -0.39 is 10.7 Å². The summed E-state index contributed by atoms with van der Waals surface area (Å²) in [7, 11) is 0. The third kappa shape index (κ3) is 4.36. The second kappa shape index (κ2) is 6.15. The van der Waals surface area contributed by atoms with Crippen LogP contribution >= 0.6 is 0 Å². The third-order valence-electron chi connectivity index (χ3n) is 2.16. The Hall–Kier alpha value is -1.69. The van der Waals surface area contributed by atoms with Crippen LogP contribution in [0.4, 0.5) is 15.8 Å². The Balaban J connectivity index is 2.52. The third-order valence-corrected chi connectivity index (χ3v) is 2.16. The van der Waals surface area contributed by atoms with Crippen LogP contribution in [-0.4, -0.2) is 24.1 Å². The van der Waals surface area contributed by atoms with E-state index in [0.29, 0.717) is 19.1 Å². The number of hydrogen-bond acceptors (Lipinski definition) is 4. The summed E-state index contributed by atoms with van der Waals surface area (Å²) in [5.74, 6) is -0.608. The van der Waals surface area contributed by atoms with E-state index in [1.54, 1.807) is 0 Å². The molecule has 1 rings (SSSR count). The number of nitrogens with zero attached hydrogens (tertiary/aromatic N) is 1. The summed E-state index contributed by atoms with van der Waals surface area (Å²) in [6, 6.07) is 3.95. The van der Waals surface area contributed by atoms with E-state index in [2.05, 4.69) is 10.6 Å². The lowest BCUT2D eigenvalue weighted by Gasteiger charge is -2.10. The maximum Gasteiger partial charge on any atom is 0.272 e. The minimum Gasteiger partial charge on any atom is -0.381 e. The lowest BCUT2D eigenvalue weighted by molar-refractivity contribution is -0.385. The highest BCUT2D eigenvalue weighted by Gasteiger charge is 2.09. The summed E-state index contributed by atoms with van der Waals surface area (Å²) in [5, 5.41) is 16.5. The second-order valence-electron chi connectivity index (χ2n) is 3.96. The molecule has 2 N–H and O–H groups in total. The average Bonchev–Trinajstić information content (AvgIpc) is 2.25. The van der Waals surface area contributed by atoms with Crippen LogP contribution < -0.4 is 10.6 Å². The SMILES string of the molecule is CC(C)NCCNc1ccc([N+](=O)[O-])cc1F. The molecule has 0 fully saturated rings. The van der Waals surface area contributed by atoms with Gasteiger partial charge in [-0.2, -0.15) is 0 Å². The number of hydrogen-bond donors (Lipinski definition) is 2. The van der Waals surface area contributed by atoms with E-state index in [-0.39, 0.29) is 11.4 Å². The molecule has 0 aliphatic rings. The summed E-state index contributed by atoms with van der Waals surface area (Å²) in [4.78, 5) is 9.79. The molecule has 0 saturated carbocycles. The molecule has 0 aromatic heterocycles. The topological polar surface area (TPSA) is 67.2 Å². The summed E-state index contributed by atoms with van der Waals surface area (Å²) >= 11 is 0. The van der Waals surface area contributed by atoms with E-state index in [0.717, 1.165) is 6.07 Å². The first kappa shape index (κ1) is 13.4. The Morgan fingerprint density at radius 1 is 1.41 bits per heavy atom. The van der Waals surface area contributed by atoms with Gasteiger partial charge in [-0.25, -0.2) is 4.39 Å². The van der Waals surface area contributed by atoms with Crippen molar-refractivity contribution >= 4 is 11.4 Å². The summed E-state index contributed by atoms with van der Waals surface area (Å²) in [5.41, 5.74) is 0.0366. The molecule has 0 unspecified atom stereocenters. The standard InChI is InChI=1S/C11H16FN3O2/c1-8(2)13-5-6-14-11-4-3-9(15(16)17)7-10(11)12/h3-4,7-8,13-14H,5-6H2,1-2H3. The van der Waals surface area contributed by atoms with Crippen molar-refractivity contribution in [2.75, 3.05) is 18.4 Å². The van der Waals surface area contributed by atoms with E-state index in [9.17, 15) is 14.5 Å². The molecule has 0 aliphatic carbocycles. The molecule has 0 aliphatic heterocycles. The quantitative estimate of drug-likeness (QED) is 0.455. The van der Waals surface area contributed by atoms with E-state index >= 15 is 0 Å². The van der Waals surface area contributed by atoms with Gasteiger partial charge in [-0.1, -0.05) is 13.8 Å². The van der Waals surface area contributed by atoms with Gasteiger partial charge in [0.2, 0.25) is 0 Å². The second-order valence-corrected chi connectivity index (χ2v) is 3.96. The zero-order valence-corrected chi connectivity index (χ0v) is 9.87. The highest BCUT2D eigenvalue weighted by Crippen LogP contribution is 2.19. The molecule has 0 heterocycles. The minimum absolute atomic E-state index is 0.242. The van der Waals surface area contributed by atoms with Crippen molar-refractivity contribution in [1.29, 1.82) is 0 Å². The first-order chi connectivity index (χ1) is 8.00. The summed E-state index contributed by atoms with van der Waals surface area (Å²) in [6.07, 6.45) is 0. The normalized spacial score (nSPS) is 10.6. The first-order valence-corrected chi connectivity index (χ1v) is 5.42. The smallest absolute Gasteiger partial charge is 0.272 e. The molecular weight excluding hydrogens is 225 g/mol. The highest BCUT2D eigenvalue weighted by molar-refractivity contribution is 5.50. The lowest BCUT2D eigenvalue weighted by atomic mass is 10.2. The molecule has 17 heavy (non-hydrogen) atoms. The number of benzene rings is 1. The molecule has 5 nitrogen and oxygen atoms in total. The van der Waals surface area contributed by atoms with Crippen LogP contribution in [0.5, 0.6) is 0 Å². The fraction of sp³-hybridized carbons (Fsp3) is 0.455. The van der Waals surface area contributed by atoms with Crippen molar-refractivity contribution in [2.45, 2.75) is 19.9 Å². The van der Waals surface area contributed by atoms with Crippen molar-refractivity contribution < 1.29 is 9.31 Å². The molecule has 0 bridgehead atoms. The molecule has 0 atom stereocenters. The number of halogens is 1. The van der Waals surface area contributed by atoms with Gasteiger partial charge in [0.1, 0.15) is 0 Å². The van der Waals surface area contributed by atoms with Crippen LogP contribution in [0.3, 0.4) is 0 Å². The monoisotopic (exact) mass is 241 g/mol. The molecule has 1 aromatic carbocycles. The van der Waals surface area contributed by atoms with Crippen LogP contribution in [0, 0.1) is 15.9 Å². The summed E-state index contributed by atoms with van der Waals surface area (Å²) in [6.45, 7) is 5.31. The van der Waals surface area contributed by atoms with Crippen molar-refractivity contribution in [3.8, 4) is 0 Å². The zero-order valence-electron chi connectivity index (χ0n) is 9.87. The van der Waals surface area contributed by atoms with Crippen LogP contribution in [-0.2, 0) is 0 Å². The van der Waals surface area contributed by atoms with Crippen molar-refractivity contribution in [1.82, 2.24) is 5.32 Å². The van der Waals surface area contributed by atoms with Gasteiger partial charge in [0.25, 0.3) is 5.69 Å². The fourth-order valence-corrected chi connectivity index (χ4v) is 1.32. The number of non-ortho nitro benzene ring substituents is 1. The maximum absolute atomic E-state index is 13.4. The molecule has 0 amide bonds. The number of anilines is 1. The number of nitrogens with one attached hydrogen (secondary N) is 2. The van der Waals surface area contributed by atoms with Gasteiger partial charge in [0, 0.05) is 25.2 Å². The average molecular weight is 241 g/mol. The Bertz CT molecular complexity index is 396. The van der Waals surface area contributed by atoms with E-state index in [4.69, 9.17) is 0 Å². The van der Waals surface area contributed by atoms with Crippen LogP contribution in [0.2, 0.25) is 0 Å². The van der Waals surface area contributed by atoms with Gasteiger partial charge in [0.05, 0.1) is 16.7 Å². The fourth-order valence-electron chi connectivity index (χ4n) is 1.32. The van der Waals surface area contributed by atoms with E-state index in [1.165, 1.54) is 12.1 Å². The Morgan fingerprint density at radius 3 is 2.65 bits per heavy atom. The Kier molecular flexibility index (Phi) is 4.84. The first-order valence-electron chi connectivity index (χ1n) is 5.42. The molecule has 1 aromatic rings.